The zero-order chi connectivity index (χ0) is 6.91. The molecule has 1 heterocycles. The zero-order valence-electron chi connectivity index (χ0n) is 6.10. The van der Waals surface area contributed by atoms with Crippen LogP contribution >= 0.6 is 11.4 Å². The highest BCUT2D eigenvalue weighted by atomic mass is 32.1. The highest BCUT2D eigenvalue weighted by Crippen LogP contribution is 2.25. The number of nitrogens with one attached hydrogen (secondary N) is 1. The van der Waals surface area contributed by atoms with Crippen molar-refractivity contribution in [1.82, 2.24) is 5.32 Å². The minimum atomic E-state index is 0.292. The molecule has 52 valence electrons. The van der Waals surface area contributed by atoms with Crippen molar-refractivity contribution in [2.75, 3.05) is 0 Å². The maximum absolute atomic E-state index is 3.22. The van der Waals surface area contributed by atoms with Crippen LogP contribution in [0.25, 0.3) is 0 Å². The van der Waals surface area contributed by atoms with Crippen LogP contribution < -0.4 is 5.32 Å². The SMILES string of the molecule is CC(C)(C)C1=C[SH]=CN1. The van der Waals surface area contributed by atoms with Gasteiger partial charge in [-0.1, -0.05) is 20.8 Å². The van der Waals surface area contributed by atoms with Crippen molar-refractivity contribution in [1.29, 1.82) is 0 Å². The summed E-state index contributed by atoms with van der Waals surface area (Å²) >= 11 is 1.29. The van der Waals surface area contributed by atoms with Crippen molar-refractivity contribution >= 4 is 16.8 Å². The summed E-state index contributed by atoms with van der Waals surface area (Å²) in [6.45, 7) is 6.63. The lowest BCUT2D eigenvalue weighted by Gasteiger charge is -2.19. The van der Waals surface area contributed by atoms with E-state index >= 15 is 0 Å². The summed E-state index contributed by atoms with van der Waals surface area (Å²) in [6, 6.07) is 0. The van der Waals surface area contributed by atoms with Crippen molar-refractivity contribution in [3.05, 3.63) is 11.1 Å². The van der Waals surface area contributed by atoms with Gasteiger partial charge in [-0.05, 0) is 5.41 Å². The highest BCUT2D eigenvalue weighted by Gasteiger charge is 2.16. The van der Waals surface area contributed by atoms with Gasteiger partial charge in [0.1, 0.15) is 0 Å². The minimum absolute atomic E-state index is 0.292. The lowest BCUT2D eigenvalue weighted by molar-refractivity contribution is 0.487. The number of hydrogen-bond donors (Lipinski definition) is 2. The number of thiol groups is 1. The molecular formula is C7H13NS. The summed E-state index contributed by atoms with van der Waals surface area (Å²) in [7, 11) is 0. The number of allylic oxidation sites excluding steroid dienone is 1. The van der Waals surface area contributed by atoms with Crippen LogP contribution in [0.4, 0.5) is 0 Å². The van der Waals surface area contributed by atoms with Crippen molar-refractivity contribution in [3.63, 3.8) is 0 Å². The first kappa shape index (κ1) is 6.87. The van der Waals surface area contributed by atoms with Crippen LogP contribution in [0.3, 0.4) is 0 Å². The van der Waals surface area contributed by atoms with Crippen molar-refractivity contribution < 1.29 is 0 Å². The van der Waals surface area contributed by atoms with Crippen molar-refractivity contribution in [3.8, 4) is 0 Å². The second-order valence-electron chi connectivity index (χ2n) is 3.22. The molecule has 0 aromatic rings. The Bertz CT molecular complexity index is 162. The van der Waals surface area contributed by atoms with Gasteiger partial charge in [-0.25, -0.2) is 0 Å². The maximum Gasteiger partial charge on any atom is 0.0263 e. The lowest BCUT2D eigenvalue weighted by Crippen LogP contribution is -2.19. The molecule has 9 heavy (non-hydrogen) atoms. The Morgan fingerprint density at radius 2 is 2.11 bits per heavy atom. The molecule has 0 saturated heterocycles. The molecule has 1 N–H and O–H groups in total. The Morgan fingerprint density at radius 1 is 1.44 bits per heavy atom. The van der Waals surface area contributed by atoms with Gasteiger partial charge in [-0.3, -0.25) is 0 Å². The van der Waals surface area contributed by atoms with Crippen LogP contribution in [0.15, 0.2) is 11.1 Å². The van der Waals surface area contributed by atoms with Crippen LogP contribution in [-0.2, 0) is 0 Å². The smallest absolute Gasteiger partial charge is 0.0263 e. The Hall–Kier alpha value is -0.240. The number of rotatable bonds is 0. The summed E-state index contributed by atoms with van der Waals surface area (Å²) < 4.78 is 0. The van der Waals surface area contributed by atoms with Gasteiger partial charge in [-0.15, -0.1) is 0 Å². The Labute approximate surface area is 60.1 Å². The fourth-order valence-electron chi connectivity index (χ4n) is 0.666. The van der Waals surface area contributed by atoms with E-state index in [4.69, 9.17) is 0 Å². The Morgan fingerprint density at radius 3 is 2.33 bits per heavy atom. The van der Waals surface area contributed by atoms with Gasteiger partial charge in [0.2, 0.25) is 0 Å². The quantitative estimate of drug-likeness (QED) is 0.388. The fraction of sp³-hybridized carbons (Fsp3) is 0.571. The summed E-state index contributed by atoms with van der Waals surface area (Å²) in [6.07, 6.45) is 0. The lowest BCUT2D eigenvalue weighted by atomic mass is 9.93. The second kappa shape index (κ2) is 2.18. The van der Waals surface area contributed by atoms with E-state index in [1.165, 1.54) is 17.0 Å². The molecule has 0 bridgehead atoms. The highest BCUT2D eigenvalue weighted by molar-refractivity contribution is 8.00. The van der Waals surface area contributed by atoms with Gasteiger partial charge in [-0.2, -0.15) is 11.4 Å². The molecule has 0 aromatic carbocycles. The summed E-state index contributed by atoms with van der Waals surface area (Å²) in [5.74, 6) is 0. The average molecular weight is 143 g/mol. The first-order chi connectivity index (χ1) is 4.11. The van der Waals surface area contributed by atoms with Crippen LogP contribution in [0.2, 0.25) is 0 Å². The largest absolute Gasteiger partial charge is 0.359 e. The molecule has 2 heteroatoms. The summed E-state index contributed by atoms with van der Waals surface area (Å²) in [4.78, 5) is 0. The third kappa shape index (κ3) is 1.58. The topological polar surface area (TPSA) is 12.0 Å². The van der Waals surface area contributed by atoms with Crippen LogP contribution in [0.1, 0.15) is 20.8 Å². The van der Waals surface area contributed by atoms with Crippen molar-refractivity contribution in [2.24, 2.45) is 5.41 Å². The van der Waals surface area contributed by atoms with E-state index in [1.807, 2.05) is 0 Å². The first-order valence-electron chi connectivity index (χ1n) is 3.09. The molecule has 0 aromatic heterocycles. The molecule has 0 fully saturated rings. The van der Waals surface area contributed by atoms with Gasteiger partial charge in [0.15, 0.2) is 0 Å². The second-order valence-corrected chi connectivity index (χ2v) is 4.03. The summed E-state index contributed by atoms with van der Waals surface area (Å²) in [5.41, 5.74) is 3.68. The van der Waals surface area contributed by atoms with E-state index in [0.717, 1.165) is 0 Å². The van der Waals surface area contributed by atoms with Gasteiger partial charge >= 0.3 is 0 Å². The normalized spacial score (nSPS) is 18.3. The maximum atomic E-state index is 3.22. The predicted molar refractivity (Wildman–Crippen MR) is 45.7 cm³/mol. The molecule has 0 atom stereocenters. The van der Waals surface area contributed by atoms with E-state index in [0.29, 0.717) is 5.41 Å². The molecule has 0 amide bonds. The average Bonchev–Trinajstić information content (AvgIpc) is 2.08. The van der Waals surface area contributed by atoms with E-state index in [1.54, 1.807) is 0 Å². The molecule has 0 unspecified atom stereocenters. The molecule has 0 saturated carbocycles. The molecule has 0 aliphatic carbocycles. The van der Waals surface area contributed by atoms with Crippen LogP contribution in [-0.4, -0.2) is 5.49 Å². The predicted octanol–water partition coefficient (Wildman–Crippen LogP) is 1.70. The van der Waals surface area contributed by atoms with Gasteiger partial charge < -0.3 is 5.32 Å². The van der Waals surface area contributed by atoms with Gasteiger partial charge in [0.25, 0.3) is 0 Å². The molecule has 1 nitrogen and oxygen atoms in total. The fourth-order valence-corrected chi connectivity index (χ4v) is 1.57. The first-order valence-corrected chi connectivity index (χ1v) is 4.13. The Balaban J connectivity index is 2.66. The minimum Gasteiger partial charge on any atom is -0.359 e. The van der Waals surface area contributed by atoms with Crippen molar-refractivity contribution in [2.45, 2.75) is 20.8 Å². The third-order valence-corrected chi connectivity index (χ3v) is 1.99. The molecule has 0 radical (unpaired) electrons. The van der Waals surface area contributed by atoms with Gasteiger partial charge in [0, 0.05) is 16.6 Å². The van der Waals surface area contributed by atoms with E-state index in [9.17, 15) is 0 Å². The molecule has 1 aliphatic heterocycles. The monoisotopic (exact) mass is 143 g/mol. The zero-order valence-corrected chi connectivity index (χ0v) is 7.00. The molecular weight excluding hydrogens is 130 g/mol. The summed E-state index contributed by atoms with van der Waals surface area (Å²) in [5, 5.41) is 5.43. The van der Waals surface area contributed by atoms with Crippen LogP contribution in [0.5, 0.6) is 0 Å². The van der Waals surface area contributed by atoms with Gasteiger partial charge in [0.05, 0.1) is 0 Å². The third-order valence-electron chi connectivity index (χ3n) is 1.31. The number of hydrogen-bond acceptors (Lipinski definition) is 1. The molecule has 0 spiro atoms. The van der Waals surface area contributed by atoms with Crippen LogP contribution in [0, 0.1) is 5.41 Å². The Kier molecular flexibility index (Phi) is 1.66. The molecule has 1 aliphatic rings. The van der Waals surface area contributed by atoms with E-state index < -0.39 is 0 Å². The standard InChI is InChI=1S/C7H13NS/c1-7(2,3)6-4-9-5-8-6/h4-5,8-9H,1-3H3. The van der Waals surface area contributed by atoms with E-state index in [-0.39, 0.29) is 0 Å². The van der Waals surface area contributed by atoms with E-state index in [2.05, 4.69) is 37.0 Å². The molecule has 1 rings (SSSR count).